The summed E-state index contributed by atoms with van der Waals surface area (Å²) in [6, 6.07) is 9.22. The van der Waals surface area contributed by atoms with E-state index in [1.807, 2.05) is 41.8 Å². The lowest BCUT2D eigenvalue weighted by atomic mass is 10.1. The van der Waals surface area contributed by atoms with Gasteiger partial charge >= 0.3 is 0 Å². The van der Waals surface area contributed by atoms with Crippen molar-refractivity contribution >= 4 is 34.5 Å². The summed E-state index contributed by atoms with van der Waals surface area (Å²) in [5.41, 5.74) is 10.1. The summed E-state index contributed by atoms with van der Waals surface area (Å²) >= 11 is 12.0. The van der Waals surface area contributed by atoms with Crippen LogP contribution in [0.3, 0.4) is 0 Å². The molecule has 0 saturated heterocycles. The second-order valence-electron chi connectivity index (χ2n) is 4.33. The second kappa shape index (κ2) is 4.44. The number of hydrogen-bond acceptors (Lipinski definition) is 2. The molecule has 0 amide bonds. The number of nitrogens with two attached hydrogens (primary N) is 1. The largest absolute Gasteiger partial charge is 0.396 e. The quantitative estimate of drug-likeness (QED) is 0.730. The molecule has 2 aromatic heterocycles. The van der Waals surface area contributed by atoms with Crippen molar-refractivity contribution in [1.29, 1.82) is 0 Å². The van der Waals surface area contributed by atoms with Crippen molar-refractivity contribution in [2.75, 3.05) is 5.73 Å². The molecule has 19 heavy (non-hydrogen) atoms. The number of fused-ring (bicyclic) bond motifs is 1. The van der Waals surface area contributed by atoms with Gasteiger partial charge in [-0.1, -0.05) is 29.3 Å². The van der Waals surface area contributed by atoms with Gasteiger partial charge < -0.3 is 10.1 Å². The molecule has 0 aliphatic carbocycles. The van der Waals surface area contributed by atoms with E-state index in [1.165, 1.54) is 0 Å². The first-order chi connectivity index (χ1) is 9.08. The van der Waals surface area contributed by atoms with E-state index in [0.717, 1.165) is 22.6 Å². The topological polar surface area (TPSA) is 43.3 Å². The Labute approximate surface area is 120 Å². The van der Waals surface area contributed by atoms with E-state index in [-0.39, 0.29) is 0 Å². The fraction of sp³-hybridized carbons (Fsp3) is 0.0714. The van der Waals surface area contributed by atoms with Crippen molar-refractivity contribution in [2.45, 2.75) is 6.92 Å². The third-order valence-corrected chi connectivity index (χ3v) is 3.85. The van der Waals surface area contributed by atoms with Crippen LogP contribution in [0.1, 0.15) is 5.69 Å². The van der Waals surface area contributed by atoms with Gasteiger partial charge in [-0.3, -0.25) is 0 Å². The van der Waals surface area contributed by atoms with Gasteiger partial charge in [-0.15, -0.1) is 0 Å². The number of benzene rings is 1. The molecule has 0 aliphatic heterocycles. The van der Waals surface area contributed by atoms with E-state index in [1.54, 1.807) is 6.07 Å². The molecule has 0 fully saturated rings. The number of nitrogen functional groups attached to an aromatic ring is 1. The minimum Gasteiger partial charge on any atom is -0.396 e. The number of aromatic nitrogens is 2. The Bertz CT molecular complexity index is 778. The van der Waals surface area contributed by atoms with Gasteiger partial charge in [-0.2, -0.15) is 0 Å². The fourth-order valence-electron chi connectivity index (χ4n) is 2.12. The number of nitrogens with zero attached hydrogens (tertiary/aromatic N) is 2. The summed E-state index contributed by atoms with van der Waals surface area (Å²) in [6.07, 6.45) is 1.94. The highest BCUT2D eigenvalue weighted by Crippen LogP contribution is 2.31. The molecular weight excluding hydrogens is 281 g/mol. The summed E-state index contributed by atoms with van der Waals surface area (Å²) < 4.78 is 1.97. The molecule has 3 rings (SSSR count). The summed E-state index contributed by atoms with van der Waals surface area (Å²) in [5, 5.41) is 1.05. The van der Waals surface area contributed by atoms with Crippen molar-refractivity contribution in [1.82, 2.24) is 9.38 Å². The molecule has 0 atom stereocenters. The lowest BCUT2D eigenvalue weighted by Crippen LogP contribution is -1.92. The van der Waals surface area contributed by atoms with Crippen LogP contribution in [-0.4, -0.2) is 9.38 Å². The van der Waals surface area contributed by atoms with Gasteiger partial charge in [0.2, 0.25) is 0 Å². The molecule has 0 unspecified atom stereocenters. The van der Waals surface area contributed by atoms with E-state index in [0.29, 0.717) is 15.7 Å². The second-order valence-corrected chi connectivity index (χ2v) is 5.15. The first-order valence-electron chi connectivity index (χ1n) is 5.76. The van der Waals surface area contributed by atoms with Crippen molar-refractivity contribution in [3.05, 3.63) is 52.3 Å². The monoisotopic (exact) mass is 291 g/mol. The zero-order chi connectivity index (χ0) is 13.6. The van der Waals surface area contributed by atoms with Gasteiger partial charge in [0, 0.05) is 17.5 Å². The van der Waals surface area contributed by atoms with Crippen LogP contribution >= 0.6 is 23.2 Å². The SMILES string of the molecule is Cc1c(-c2ccc(Cl)c(Cl)c2)nc2c(N)cccn12. The minimum atomic E-state index is 0.517. The Hall–Kier alpha value is -1.71. The van der Waals surface area contributed by atoms with Crippen LogP contribution in [0, 0.1) is 6.92 Å². The maximum atomic E-state index is 6.05. The number of anilines is 1. The number of halogens is 2. The minimum absolute atomic E-state index is 0.517. The summed E-state index contributed by atoms with van der Waals surface area (Å²) in [4.78, 5) is 4.59. The molecule has 0 saturated carbocycles. The van der Waals surface area contributed by atoms with Crippen LogP contribution in [0.5, 0.6) is 0 Å². The molecule has 0 aliphatic rings. The number of aryl methyl sites for hydroxylation is 1. The lowest BCUT2D eigenvalue weighted by Gasteiger charge is -2.01. The highest BCUT2D eigenvalue weighted by atomic mass is 35.5. The average molecular weight is 292 g/mol. The van der Waals surface area contributed by atoms with Gasteiger partial charge in [-0.05, 0) is 31.2 Å². The molecule has 0 spiro atoms. The first-order valence-corrected chi connectivity index (χ1v) is 6.52. The number of pyridine rings is 1. The average Bonchev–Trinajstić information content (AvgIpc) is 2.72. The predicted octanol–water partition coefficient (Wildman–Crippen LogP) is 4.20. The Morgan fingerprint density at radius 2 is 1.95 bits per heavy atom. The Kier molecular flexibility index (Phi) is 2.88. The maximum Gasteiger partial charge on any atom is 0.160 e. The van der Waals surface area contributed by atoms with Gasteiger partial charge in [0.05, 0.1) is 21.4 Å². The van der Waals surface area contributed by atoms with Crippen LogP contribution in [0.15, 0.2) is 36.5 Å². The van der Waals surface area contributed by atoms with Crippen LogP contribution < -0.4 is 5.73 Å². The predicted molar refractivity (Wildman–Crippen MR) is 79.8 cm³/mol. The van der Waals surface area contributed by atoms with Gasteiger partial charge in [-0.25, -0.2) is 4.98 Å². The normalized spacial score (nSPS) is 11.1. The summed E-state index contributed by atoms with van der Waals surface area (Å²) in [7, 11) is 0. The van der Waals surface area contributed by atoms with Crippen molar-refractivity contribution in [3.63, 3.8) is 0 Å². The van der Waals surface area contributed by atoms with Crippen molar-refractivity contribution in [3.8, 4) is 11.3 Å². The Morgan fingerprint density at radius 3 is 2.63 bits per heavy atom. The molecule has 3 nitrogen and oxygen atoms in total. The first kappa shape index (κ1) is 12.3. The van der Waals surface area contributed by atoms with E-state index in [2.05, 4.69) is 4.98 Å². The molecule has 3 aromatic rings. The number of hydrogen-bond donors (Lipinski definition) is 1. The Morgan fingerprint density at radius 1 is 1.16 bits per heavy atom. The molecule has 1 aromatic carbocycles. The van der Waals surface area contributed by atoms with E-state index >= 15 is 0 Å². The molecular formula is C14H11Cl2N3. The van der Waals surface area contributed by atoms with Gasteiger partial charge in [0.15, 0.2) is 5.65 Å². The third-order valence-electron chi connectivity index (χ3n) is 3.11. The molecule has 0 bridgehead atoms. The van der Waals surface area contributed by atoms with E-state index in [9.17, 15) is 0 Å². The summed E-state index contributed by atoms with van der Waals surface area (Å²) in [6.45, 7) is 2.00. The zero-order valence-corrected chi connectivity index (χ0v) is 11.7. The fourth-order valence-corrected chi connectivity index (χ4v) is 2.42. The third kappa shape index (κ3) is 1.95. The maximum absolute atomic E-state index is 6.05. The molecule has 0 radical (unpaired) electrons. The van der Waals surface area contributed by atoms with Crippen LogP contribution in [0.2, 0.25) is 10.0 Å². The zero-order valence-electron chi connectivity index (χ0n) is 10.2. The number of imidazole rings is 1. The molecule has 96 valence electrons. The van der Waals surface area contributed by atoms with E-state index in [4.69, 9.17) is 28.9 Å². The van der Waals surface area contributed by atoms with Gasteiger partial charge in [0.25, 0.3) is 0 Å². The van der Waals surface area contributed by atoms with E-state index < -0.39 is 0 Å². The number of rotatable bonds is 1. The van der Waals surface area contributed by atoms with Crippen molar-refractivity contribution < 1.29 is 0 Å². The molecule has 2 N–H and O–H groups in total. The summed E-state index contributed by atoms with van der Waals surface area (Å²) in [5.74, 6) is 0. The lowest BCUT2D eigenvalue weighted by molar-refractivity contribution is 1.11. The molecule has 2 heterocycles. The highest BCUT2D eigenvalue weighted by molar-refractivity contribution is 6.42. The van der Waals surface area contributed by atoms with Crippen molar-refractivity contribution in [2.24, 2.45) is 0 Å². The van der Waals surface area contributed by atoms with Crippen LogP contribution in [0.25, 0.3) is 16.9 Å². The molecule has 5 heteroatoms. The van der Waals surface area contributed by atoms with Crippen LogP contribution in [0.4, 0.5) is 5.69 Å². The standard InChI is InChI=1S/C14H11Cl2N3/c1-8-13(9-4-5-10(15)11(16)7-9)18-14-12(17)3-2-6-19(8)14/h2-7H,17H2,1H3. The Balaban J connectivity index is 2.28. The highest BCUT2D eigenvalue weighted by Gasteiger charge is 2.12. The van der Waals surface area contributed by atoms with Crippen LogP contribution in [-0.2, 0) is 0 Å². The van der Waals surface area contributed by atoms with Gasteiger partial charge in [0.1, 0.15) is 0 Å². The smallest absolute Gasteiger partial charge is 0.160 e.